The molecule has 1 aliphatic rings. The summed E-state index contributed by atoms with van der Waals surface area (Å²) in [5, 5.41) is 15.6. The lowest BCUT2D eigenvalue weighted by molar-refractivity contribution is 0.0389. The molecule has 1 saturated heterocycles. The summed E-state index contributed by atoms with van der Waals surface area (Å²) < 4.78 is 7.36. The number of hydrogen-bond donors (Lipinski definition) is 2. The highest BCUT2D eigenvalue weighted by Gasteiger charge is 2.10. The Morgan fingerprint density at radius 3 is 2.65 bits per heavy atom. The second-order valence-electron chi connectivity index (χ2n) is 6.20. The molecule has 1 unspecified atom stereocenters. The van der Waals surface area contributed by atoms with Gasteiger partial charge in [-0.2, -0.15) is 11.8 Å². The Labute approximate surface area is 177 Å². The second kappa shape index (κ2) is 12.7. The summed E-state index contributed by atoms with van der Waals surface area (Å²) in [5.41, 5.74) is 0. The summed E-state index contributed by atoms with van der Waals surface area (Å²) in [6.07, 6.45) is 2.12. The Balaban J connectivity index is 0.00000338. The van der Waals surface area contributed by atoms with Crippen molar-refractivity contribution in [3.05, 3.63) is 11.6 Å². The molecule has 150 valence electrons. The molecule has 1 aliphatic heterocycles. The van der Waals surface area contributed by atoms with Gasteiger partial charge in [-0.25, -0.2) is 4.99 Å². The van der Waals surface area contributed by atoms with Gasteiger partial charge in [-0.05, 0) is 13.2 Å². The molecule has 2 heterocycles. The molecular formula is C16H32IN7OS. The van der Waals surface area contributed by atoms with Crippen LogP contribution in [0.25, 0.3) is 0 Å². The van der Waals surface area contributed by atoms with E-state index in [1.54, 1.807) is 0 Å². The van der Waals surface area contributed by atoms with Crippen LogP contribution in [0.15, 0.2) is 4.99 Å². The number of hydrogen-bond acceptors (Lipinski definition) is 6. The first-order chi connectivity index (χ1) is 12.1. The van der Waals surface area contributed by atoms with Gasteiger partial charge in [-0.15, -0.1) is 34.2 Å². The Hall–Kier alpha value is -0.590. The molecule has 2 N–H and O–H groups in total. The quantitative estimate of drug-likeness (QED) is 0.314. The molecule has 1 aromatic rings. The number of aliphatic imine (C=N–C) groups is 1. The third-order valence-corrected chi connectivity index (χ3v) is 5.32. The van der Waals surface area contributed by atoms with Gasteiger partial charge in [0.1, 0.15) is 12.4 Å². The fraction of sp³-hybridized carbons (Fsp3) is 0.812. The number of halogens is 1. The maximum Gasteiger partial charge on any atom is 0.191 e. The molecule has 2 rings (SSSR count). The first-order valence-corrected chi connectivity index (χ1v) is 10.1. The number of aryl methyl sites for hydroxylation is 1. The van der Waals surface area contributed by atoms with Crippen molar-refractivity contribution in [1.82, 2.24) is 30.3 Å². The first kappa shape index (κ1) is 23.4. The van der Waals surface area contributed by atoms with Crippen molar-refractivity contribution in [3.8, 4) is 0 Å². The average Bonchev–Trinajstić information content (AvgIpc) is 2.96. The highest BCUT2D eigenvalue weighted by atomic mass is 127. The van der Waals surface area contributed by atoms with E-state index >= 15 is 0 Å². The third-order valence-electron chi connectivity index (χ3n) is 4.34. The topological polar surface area (TPSA) is 79.6 Å². The van der Waals surface area contributed by atoms with Crippen molar-refractivity contribution in [1.29, 1.82) is 0 Å². The van der Waals surface area contributed by atoms with E-state index in [2.05, 4.69) is 43.9 Å². The van der Waals surface area contributed by atoms with E-state index in [0.717, 1.165) is 63.5 Å². The van der Waals surface area contributed by atoms with Gasteiger partial charge in [0.2, 0.25) is 0 Å². The number of morpholine rings is 1. The molecular weight excluding hydrogens is 465 g/mol. The van der Waals surface area contributed by atoms with Crippen LogP contribution >= 0.6 is 35.7 Å². The standard InChI is InChI=1S/C16H31N7OS.HI/c1-13(25-4)11-18-16(17-5-6-23-7-9-24-10-8-23)19-12-15-21-20-14(2)22(15)3;/h13H,5-12H2,1-4H3,(H2,17,18,19);1H. The van der Waals surface area contributed by atoms with Gasteiger partial charge in [0.15, 0.2) is 11.8 Å². The van der Waals surface area contributed by atoms with Crippen molar-refractivity contribution in [3.63, 3.8) is 0 Å². The smallest absolute Gasteiger partial charge is 0.191 e. The fourth-order valence-electron chi connectivity index (χ4n) is 2.39. The number of nitrogens with zero attached hydrogens (tertiary/aromatic N) is 5. The van der Waals surface area contributed by atoms with Crippen LogP contribution in [0.3, 0.4) is 0 Å². The first-order valence-electron chi connectivity index (χ1n) is 8.80. The van der Waals surface area contributed by atoms with E-state index in [4.69, 9.17) is 4.74 Å². The number of ether oxygens (including phenoxy) is 1. The molecule has 0 aromatic carbocycles. The summed E-state index contributed by atoms with van der Waals surface area (Å²) in [6.45, 7) is 11.1. The van der Waals surface area contributed by atoms with Crippen LogP contribution in [0.2, 0.25) is 0 Å². The van der Waals surface area contributed by atoms with Gasteiger partial charge < -0.3 is 19.9 Å². The third kappa shape index (κ3) is 7.97. The highest BCUT2D eigenvalue weighted by molar-refractivity contribution is 14.0. The van der Waals surface area contributed by atoms with E-state index in [9.17, 15) is 0 Å². The Morgan fingerprint density at radius 1 is 1.31 bits per heavy atom. The lowest BCUT2D eigenvalue weighted by atomic mass is 10.4. The predicted molar refractivity (Wildman–Crippen MR) is 119 cm³/mol. The molecule has 0 bridgehead atoms. The summed E-state index contributed by atoms with van der Waals surface area (Å²) >= 11 is 1.84. The van der Waals surface area contributed by atoms with Gasteiger partial charge in [0, 0.05) is 45.0 Å². The maximum atomic E-state index is 5.39. The Kier molecular flexibility index (Phi) is 11.5. The van der Waals surface area contributed by atoms with E-state index in [-0.39, 0.29) is 24.0 Å². The number of nitrogens with one attached hydrogen (secondary N) is 2. The van der Waals surface area contributed by atoms with Crippen LogP contribution in [-0.2, 0) is 18.3 Å². The van der Waals surface area contributed by atoms with Gasteiger partial charge >= 0.3 is 0 Å². The molecule has 26 heavy (non-hydrogen) atoms. The summed E-state index contributed by atoms with van der Waals surface area (Å²) in [6, 6.07) is 0. The van der Waals surface area contributed by atoms with Crippen molar-refractivity contribution in [2.45, 2.75) is 25.6 Å². The van der Waals surface area contributed by atoms with Crippen LogP contribution in [0.4, 0.5) is 0 Å². The predicted octanol–water partition coefficient (Wildman–Crippen LogP) is 0.860. The maximum absolute atomic E-state index is 5.39. The zero-order valence-corrected chi connectivity index (χ0v) is 19.3. The van der Waals surface area contributed by atoms with Crippen LogP contribution < -0.4 is 10.6 Å². The molecule has 0 saturated carbocycles. The highest BCUT2D eigenvalue weighted by Crippen LogP contribution is 2.03. The molecule has 1 fully saturated rings. The van der Waals surface area contributed by atoms with Crippen LogP contribution in [0, 0.1) is 6.92 Å². The minimum absolute atomic E-state index is 0. The lowest BCUT2D eigenvalue weighted by Gasteiger charge is -2.26. The minimum Gasteiger partial charge on any atom is -0.379 e. The number of guanidine groups is 1. The van der Waals surface area contributed by atoms with Crippen LogP contribution in [0.1, 0.15) is 18.6 Å². The van der Waals surface area contributed by atoms with E-state index in [0.29, 0.717) is 11.8 Å². The van der Waals surface area contributed by atoms with Crippen molar-refractivity contribution in [2.24, 2.45) is 12.0 Å². The SMILES string of the molecule is CSC(C)CNC(=NCc1nnc(C)n1C)NCCN1CCOCC1.I. The molecule has 0 radical (unpaired) electrons. The van der Waals surface area contributed by atoms with Gasteiger partial charge in [0.05, 0.1) is 13.2 Å². The van der Waals surface area contributed by atoms with E-state index in [1.807, 2.05) is 30.3 Å². The molecule has 1 aromatic heterocycles. The number of thioether (sulfide) groups is 1. The normalized spacial score (nSPS) is 16.8. The minimum atomic E-state index is 0. The lowest BCUT2D eigenvalue weighted by Crippen LogP contribution is -2.45. The Morgan fingerprint density at radius 2 is 2.04 bits per heavy atom. The van der Waals surface area contributed by atoms with Crippen molar-refractivity contribution >= 4 is 41.7 Å². The molecule has 0 aliphatic carbocycles. The zero-order chi connectivity index (χ0) is 18.1. The van der Waals surface area contributed by atoms with E-state index in [1.165, 1.54) is 0 Å². The molecule has 0 spiro atoms. The molecule has 1 atom stereocenters. The molecule has 0 amide bonds. The number of rotatable bonds is 8. The largest absolute Gasteiger partial charge is 0.379 e. The van der Waals surface area contributed by atoms with Crippen LogP contribution in [0.5, 0.6) is 0 Å². The Bertz CT molecular complexity index is 549. The van der Waals surface area contributed by atoms with Crippen molar-refractivity contribution < 1.29 is 4.74 Å². The van der Waals surface area contributed by atoms with Crippen LogP contribution in [-0.4, -0.2) is 83.1 Å². The van der Waals surface area contributed by atoms with Gasteiger partial charge in [-0.1, -0.05) is 6.92 Å². The fourth-order valence-corrected chi connectivity index (χ4v) is 2.64. The van der Waals surface area contributed by atoms with Gasteiger partial charge in [-0.3, -0.25) is 4.90 Å². The molecule has 8 nitrogen and oxygen atoms in total. The number of aromatic nitrogens is 3. The monoisotopic (exact) mass is 497 g/mol. The van der Waals surface area contributed by atoms with Crippen molar-refractivity contribution in [2.75, 3.05) is 52.2 Å². The summed E-state index contributed by atoms with van der Waals surface area (Å²) in [7, 11) is 1.97. The molecule has 10 heteroatoms. The zero-order valence-electron chi connectivity index (χ0n) is 16.2. The van der Waals surface area contributed by atoms with Gasteiger partial charge in [0.25, 0.3) is 0 Å². The van der Waals surface area contributed by atoms with E-state index < -0.39 is 0 Å². The summed E-state index contributed by atoms with van der Waals surface area (Å²) in [5.74, 6) is 2.59. The summed E-state index contributed by atoms with van der Waals surface area (Å²) in [4.78, 5) is 7.08. The average molecular weight is 497 g/mol. The second-order valence-corrected chi connectivity index (χ2v) is 7.47.